The highest BCUT2D eigenvalue weighted by Crippen LogP contribution is 2.25. The van der Waals surface area contributed by atoms with E-state index in [0.29, 0.717) is 12.2 Å². The van der Waals surface area contributed by atoms with Crippen LogP contribution in [0.5, 0.6) is 0 Å². The summed E-state index contributed by atoms with van der Waals surface area (Å²) in [7, 11) is 0. The molecule has 106 valence electrons. The summed E-state index contributed by atoms with van der Waals surface area (Å²) in [5.74, 6) is -0.910. The number of carbonyl (C=O) groups is 1. The molecule has 0 saturated carbocycles. The molecule has 4 heteroatoms. The molecule has 1 aromatic carbocycles. The number of para-hydroxylation sites is 1. The van der Waals surface area contributed by atoms with Crippen LogP contribution in [0.3, 0.4) is 0 Å². The first-order chi connectivity index (χ1) is 10.1. The summed E-state index contributed by atoms with van der Waals surface area (Å²) >= 11 is 0. The number of aromatic carboxylic acids is 1. The van der Waals surface area contributed by atoms with E-state index in [1.54, 1.807) is 12.3 Å². The Morgan fingerprint density at radius 3 is 2.76 bits per heavy atom. The normalized spacial score (nSPS) is 11.0. The molecule has 0 spiro atoms. The van der Waals surface area contributed by atoms with Gasteiger partial charge < -0.3 is 9.67 Å². The molecule has 0 radical (unpaired) electrons. The maximum atomic E-state index is 11.5. The van der Waals surface area contributed by atoms with Crippen LogP contribution < -0.4 is 0 Å². The van der Waals surface area contributed by atoms with E-state index >= 15 is 0 Å². The summed E-state index contributed by atoms with van der Waals surface area (Å²) in [6.07, 6.45) is 1.75. The molecule has 0 aliphatic carbocycles. The lowest BCUT2D eigenvalue weighted by atomic mass is 10.1. The van der Waals surface area contributed by atoms with E-state index in [1.807, 2.05) is 48.7 Å². The molecular formula is C17H16N2O2. The number of rotatable bonds is 3. The van der Waals surface area contributed by atoms with Gasteiger partial charge in [0.1, 0.15) is 5.69 Å². The topological polar surface area (TPSA) is 55.1 Å². The van der Waals surface area contributed by atoms with Crippen LogP contribution in [0.25, 0.3) is 10.9 Å². The van der Waals surface area contributed by atoms with Gasteiger partial charge in [-0.3, -0.25) is 4.98 Å². The first kappa shape index (κ1) is 13.4. The fraction of sp³-hybridized carbons (Fsp3) is 0.176. The largest absolute Gasteiger partial charge is 0.477 e. The number of nitrogens with zero attached hydrogens (tertiary/aromatic N) is 2. The second-order valence-corrected chi connectivity index (χ2v) is 5.18. The second-order valence-electron chi connectivity index (χ2n) is 5.18. The molecule has 2 aromatic heterocycles. The van der Waals surface area contributed by atoms with E-state index in [0.717, 1.165) is 27.7 Å². The molecular weight excluding hydrogens is 264 g/mol. The Morgan fingerprint density at radius 2 is 2.05 bits per heavy atom. The number of pyridine rings is 1. The van der Waals surface area contributed by atoms with Crippen molar-refractivity contribution in [3.8, 4) is 0 Å². The van der Waals surface area contributed by atoms with Crippen LogP contribution in [0.4, 0.5) is 0 Å². The van der Waals surface area contributed by atoms with E-state index in [-0.39, 0.29) is 0 Å². The third kappa shape index (κ3) is 2.29. The van der Waals surface area contributed by atoms with Crippen LogP contribution in [0.15, 0.2) is 42.6 Å². The van der Waals surface area contributed by atoms with Crippen molar-refractivity contribution in [2.24, 2.45) is 0 Å². The molecule has 0 aliphatic rings. The van der Waals surface area contributed by atoms with Crippen molar-refractivity contribution in [3.05, 3.63) is 65.1 Å². The van der Waals surface area contributed by atoms with Crippen molar-refractivity contribution in [2.75, 3.05) is 0 Å². The average Bonchev–Trinajstić information content (AvgIpc) is 2.82. The van der Waals surface area contributed by atoms with Gasteiger partial charge in [-0.2, -0.15) is 0 Å². The van der Waals surface area contributed by atoms with Gasteiger partial charge >= 0.3 is 5.97 Å². The van der Waals surface area contributed by atoms with Crippen molar-refractivity contribution in [2.45, 2.75) is 20.4 Å². The summed E-state index contributed by atoms with van der Waals surface area (Å²) in [6, 6.07) is 11.5. The number of carboxylic acids is 1. The van der Waals surface area contributed by atoms with Crippen LogP contribution in [-0.2, 0) is 6.54 Å². The lowest BCUT2D eigenvalue weighted by Gasteiger charge is -2.11. The van der Waals surface area contributed by atoms with Crippen LogP contribution in [0.1, 0.15) is 27.3 Å². The quantitative estimate of drug-likeness (QED) is 0.800. The van der Waals surface area contributed by atoms with Gasteiger partial charge in [0.15, 0.2) is 0 Å². The highest BCUT2D eigenvalue weighted by atomic mass is 16.4. The lowest BCUT2D eigenvalue weighted by molar-refractivity contribution is 0.0686. The molecule has 0 amide bonds. The highest BCUT2D eigenvalue weighted by Gasteiger charge is 2.16. The Bertz CT molecular complexity index is 834. The van der Waals surface area contributed by atoms with Crippen molar-refractivity contribution < 1.29 is 9.90 Å². The van der Waals surface area contributed by atoms with Crippen molar-refractivity contribution in [1.82, 2.24) is 9.55 Å². The summed E-state index contributed by atoms with van der Waals surface area (Å²) in [4.78, 5) is 15.8. The molecule has 0 saturated heterocycles. The number of fused-ring (bicyclic) bond motifs is 1. The molecule has 1 N–H and O–H groups in total. The number of aromatic nitrogens is 2. The van der Waals surface area contributed by atoms with Gasteiger partial charge in [0, 0.05) is 17.3 Å². The third-order valence-electron chi connectivity index (χ3n) is 3.79. The molecule has 21 heavy (non-hydrogen) atoms. The van der Waals surface area contributed by atoms with Gasteiger partial charge in [-0.15, -0.1) is 0 Å². The number of carboxylic acid groups (broad SMARTS) is 1. The van der Waals surface area contributed by atoms with Crippen molar-refractivity contribution in [1.29, 1.82) is 0 Å². The molecule has 0 bridgehead atoms. The zero-order valence-electron chi connectivity index (χ0n) is 12.0. The van der Waals surface area contributed by atoms with Crippen molar-refractivity contribution in [3.63, 3.8) is 0 Å². The van der Waals surface area contributed by atoms with Gasteiger partial charge in [-0.25, -0.2) is 4.79 Å². The second kappa shape index (κ2) is 5.05. The fourth-order valence-electron chi connectivity index (χ4n) is 2.71. The third-order valence-corrected chi connectivity index (χ3v) is 3.79. The zero-order valence-corrected chi connectivity index (χ0v) is 12.0. The Hall–Kier alpha value is -2.62. The Balaban J connectivity index is 2.23. The Kier molecular flexibility index (Phi) is 3.22. The first-order valence-electron chi connectivity index (χ1n) is 6.80. The Morgan fingerprint density at radius 1 is 1.24 bits per heavy atom. The minimum Gasteiger partial charge on any atom is -0.477 e. The molecule has 3 aromatic rings. The minimum atomic E-state index is -0.910. The van der Waals surface area contributed by atoms with Gasteiger partial charge in [0.25, 0.3) is 0 Å². The van der Waals surface area contributed by atoms with Crippen molar-refractivity contribution >= 4 is 16.9 Å². The first-order valence-corrected chi connectivity index (χ1v) is 6.80. The van der Waals surface area contributed by atoms with Gasteiger partial charge in [-0.05, 0) is 37.1 Å². The average molecular weight is 280 g/mol. The minimum absolute atomic E-state index is 0.308. The van der Waals surface area contributed by atoms with Crippen LogP contribution in [-0.4, -0.2) is 20.6 Å². The number of aryl methyl sites for hydroxylation is 2. The smallest absolute Gasteiger partial charge is 0.352 e. The van der Waals surface area contributed by atoms with Crippen LogP contribution in [0, 0.1) is 13.8 Å². The SMILES string of the molecule is Cc1ncccc1Cn1c(C(=O)O)cc2cccc(C)c21. The molecule has 0 atom stereocenters. The van der Waals surface area contributed by atoms with E-state index < -0.39 is 5.97 Å². The lowest BCUT2D eigenvalue weighted by Crippen LogP contribution is -2.11. The number of hydrogen-bond donors (Lipinski definition) is 1. The van der Waals surface area contributed by atoms with Gasteiger partial charge in [0.05, 0.1) is 12.1 Å². The van der Waals surface area contributed by atoms with E-state index in [9.17, 15) is 9.90 Å². The molecule has 2 heterocycles. The standard InChI is InChI=1S/C17H16N2O2/c1-11-5-3-6-13-9-15(17(20)21)19(16(11)13)10-14-7-4-8-18-12(14)2/h3-9H,10H2,1-2H3,(H,20,21). The monoisotopic (exact) mass is 280 g/mol. The summed E-state index contributed by atoms with van der Waals surface area (Å²) in [6.45, 7) is 4.45. The summed E-state index contributed by atoms with van der Waals surface area (Å²) < 4.78 is 1.86. The number of hydrogen-bond acceptors (Lipinski definition) is 2. The van der Waals surface area contributed by atoms with Crippen LogP contribution >= 0.6 is 0 Å². The van der Waals surface area contributed by atoms with E-state index in [2.05, 4.69) is 4.98 Å². The maximum absolute atomic E-state index is 11.5. The zero-order chi connectivity index (χ0) is 15.0. The summed E-state index contributed by atoms with van der Waals surface area (Å²) in [5.41, 5.74) is 4.30. The molecule has 4 nitrogen and oxygen atoms in total. The fourth-order valence-corrected chi connectivity index (χ4v) is 2.71. The summed E-state index contributed by atoms with van der Waals surface area (Å²) in [5, 5.41) is 10.4. The molecule has 0 fully saturated rings. The molecule has 3 rings (SSSR count). The van der Waals surface area contributed by atoms with Gasteiger partial charge in [0.2, 0.25) is 0 Å². The molecule has 0 unspecified atom stereocenters. The number of benzene rings is 1. The predicted octanol–water partition coefficient (Wildman–Crippen LogP) is 3.40. The van der Waals surface area contributed by atoms with E-state index in [1.165, 1.54) is 0 Å². The maximum Gasteiger partial charge on any atom is 0.352 e. The van der Waals surface area contributed by atoms with Crippen LogP contribution in [0.2, 0.25) is 0 Å². The molecule has 0 aliphatic heterocycles. The predicted molar refractivity (Wildman–Crippen MR) is 81.7 cm³/mol. The Labute approximate surface area is 122 Å². The highest BCUT2D eigenvalue weighted by molar-refractivity contribution is 5.95. The van der Waals surface area contributed by atoms with E-state index in [4.69, 9.17) is 0 Å². The van der Waals surface area contributed by atoms with Gasteiger partial charge in [-0.1, -0.05) is 24.3 Å².